The zero-order valence-electron chi connectivity index (χ0n) is 9.88. The molecule has 0 aliphatic carbocycles. The van der Waals surface area contributed by atoms with Crippen LogP contribution in [0.4, 0.5) is 0 Å². The van der Waals surface area contributed by atoms with Gasteiger partial charge in [-0.1, -0.05) is 36.8 Å². The van der Waals surface area contributed by atoms with Crippen LogP contribution in [0.5, 0.6) is 0 Å². The van der Waals surface area contributed by atoms with E-state index in [1.54, 1.807) is 0 Å². The first-order valence-electron chi connectivity index (χ1n) is 5.43. The van der Waals surface area contributed by atoms with Crippen LogP contribution in [0.1, 0.15) is 18.1 Å². The van der Waals surface area contributed by atoms with Gasteiger partial charge in [0.2, 0.25) is 0 Å². The number of rotatable bonds is 5. The van der Waals surface area contributed by atoms with E-state index in [2.05, 4.69) is 0 Å². The minimum Gasteiger partial charge on any atom is -0.481 e. The molecular weight excluding hydrogens is 220 g/mol. The van der Waals surface area contributed by atoms with Gasteiger partial charge in [-0.05, 0) is 18.9 Å². The van der Waals surface area contributed by atoms with E-state index in [0.29, 0.717) is 0 Å². The molecule has 4 heteroatoms. The Hall–Kier alpha value is -1.84. The lowest BCUT2D eigenvalue weighted by Crippen LogP contribution is -2.29. The molecule has 17 heavy (non-hydrogen) atoms. The number of aliphatic carboxylic acids is 2. The van der Waals surface area contributed by atoms with Gasteiger partial charge in [-0.2, -0.15) is 0 Å². The third-order valence-electron chi connectivity index (χ3n) is 2.85. The molecule has 0 amide bonds. The second-order valence-corrected chi connectivity index (χ2v) is 4.26. The van der Waals surface area contributed by atoms with E-state index in [1.807, 2.05) is 31.2 Å². The molecule has 0 aliphatic heterocycles. The van der Waals surface area contributed by atoms with Crippen LogP contribution in [0.2, 0.25) is 0 Å². The van der Waals surface area contributed by atoms with Gasteiger partial charge in [0.15, 0.2) is 0 Å². The summed E-state index contributed by atoms with van der Waals surface area (Å²) in [6.07, 6.45) is 0.241. The Morgan fingerprint density at radius 2 is 1.88 bits per heavy atom. The first-order chi connectivity index (χ1) is 7.91. The van der Waals surface area contributed by atoms with Crippen LogP contribution >= 0.6 is 0 Å². The highest BCUT2D eigenvalue weighted by Gasteiger charge is 2.29. The Morgan fingerprint density at radius 1 is 1.24 bits per heavy atom. The molecule has 0 bridgehead atoms. The van der Waals surface area contributed by atoms with Crippen LogP contribution in [0.3, 0.4) is 0 Å². The fourth-order valence-corrected chi connectivity index (χ4v) is 1.74. The predicted octanol–water partition coefficient (Wildman–Crippen LogP) is 1.96. The first kappa shape index (κ1) is 13.2. The molecule has 1 aromatic carbocycles. The molecule has 2 N–H and O–H groups in total. The van der Waals surface area contributed by atoms with Gasteiger partial charge < -0.3 is 10.2 Å². The van der Waals surface area contributed by atoms with Gasteiger partial charge >= 0.3 is 11.9 Å². The monoisotopic (exact) mass is 236 g/mol. The number of carboxylic acids is 2. The molecular formula is C13H16O4. The summed E-state index contributed by atoms with van der Waals surface area (Å²) < 4.78 is 0. The van der Waals surface area contributed by atoms with E-state index >= 15 is 0 Å². The maximum Gasteiger partial charge on any atom is 0.307 e. The van der Waals surface area contributed by atoms with Gasteiger partial charge in [-0.25, -0.2) is 0 Å². The van der Waals surface area contributed by atoms with E-state index in [0.717, 1.165) is 11.1 Å². The molecule has 0 aliphatic rings. The largest absolute Gasteiger partial charge is 0.481 e. The summed E-state index contributed by atoms with van der Waals surface area (Å²) in [4.78, 5) is 21.9. The standard InChI is InChI=1S/C13H16O4/c1-8-4-3-5-10(6-8)7-11(13(16)17)9(2)12(14)15/h3-6,9,11H,7H2,1-2H3,(H,14,15)(H,16,17)/t9-,11-/m0/s1. The van der Waals surface area contributed by atoms with Crippen LogP contribution in [-0.4, -0.2) is 22.2 Å². The van der Waals surface area contributed by atoms with Gasteiger partial charge in [0.1, 0.15) is 0 Å². The quantitative estimate of drug-likeness (QED) is 0.819. The van der Waals surface area contributed by atoms with Crippen molar-refractivity contribution >= 4 is 11.9 Å². The lowest BCUT2D eigenvalue weighted by molar-refractivity contribution is -0.152. The highest BCUT2D eigenvalue weighted by Crippen LogP contribution is 2.19. The third-order valence-corrected chi connectivity index (χ3v) is 2.85. The van der Waals surface area contributed by atoms with E-state index in [1.165, 1.54) is 6.92 Å². The smallest absolute Gasteiger partial charge is 0.307 e. The van der Waals surface area contributed by atoms with Crippen LogP contribution in [-0.2, 0) is 16.0 Å². The number of hydrogen-bond donors (Lipinski definition) is 2. The average Bonchev–Trinajstić information content (AvgIpc) is 2.24. The maximum atomic E-state index is 11.1. The van der Waals surface area contributed by atoms with Crippen LogP contribution in [0.15, 0.2) is 24.3 Å². The van der Waals surface area contributed by atoms with Crippen LogP contribution < -0.4 is 0 Å². The molecule has 0 spiro atoms. The van der Waals surface area contributed by atoms with Crippen molar-refractivity contribution in [3.63, 3.8) is 0 Å². The summed E-state index contributed by atoms with van der Waals surface area (Å²) >= 11 is 0. The molecule has 1 rings (SSSR count). The molecule has 0 saturated heterocycles. The summed E-state index contributed by atoms with van der Waals surface area (Å²) in [6.45, 7) is 3.34. The van der Waals surface area contributed by atoms with Gasteiger partial charge in [-0.15, -0.1) is 0 Å². The number of benzene rings is 1. The molecule has 0 radical (unpaired) electrons. The zero-order chi connectivity index (χ0) is 13.0. The number of aryl methyl sites for hydroxylation is 1. The third kappa shape index (κ3) is 3.59. The minimum absolute atomic E-state index is 0.241. The van der Waals surface area contributed by atoms with E-state index < -0.39 is 23.8 Å². The maximum absolute atomic E-state index is 11.1. The summed E-state index contributed by atoms with van der Waals surface area (Å²) in [5.41, 5.74) is 1.89. The average molecular weight is 236 g/mol. The Balaban J connectivity index is 2.88. The Morgan fingerprint density at radius 3 is 2.35 bits per heavy atom. The Kier molecular flexibility index (Phi) is 4.26. The molecule has 0 aromatic heterocycles. The van der Waals surface area contributed by atoms with Crippen molar-refractivity contribution in [1.82, 2.24) is 0 Å². The second kappa shape index (κ2) is 5.48. The fraction of sp³-hybridized carbons (Fsp3) is 0.385. The van der Waals surface area contributed by atoms with Gasteiger partial charge in [0, 0.05) is 0 Å². The Bertz CT molecular complexity index is 425. The van der Waals surface area contributed by atoms with Gasteiger partial charge in [0.25, 0.3) is 0 Å². The summed E-state index contributed by atoms with van der Waals surface area (Å²) in [6, 6.07) is 7.46. The van der Waals surface area contributed by atoms with Crippen molar-refractivity contribution < 1.29 is 19.8 Å². The van der Waals surface area contributed by atoms with E-state index in [9.17, 15) is 9.59 Å². The second-order valence-electron chi connectivity index (χ2n) is 4.26. The SMILES string of the molecule is Cc1cccc(C[C@H](C(=O)O)[C@H](C)C(=O)O)c1. The lowest BCUT2D eigenvalue weighted by Gasteiger charge is -2.16. The first-order valence-corrected chi connectivity index (χ1v) is 5.43. The van der Waals surface area contributed by atoms with Crippen molar-refractivity contribution in [2.75, 3.05) is 0 Å². The molecule has 0 heterocycles. The van der Waals surface area contributed by atoms with Crippen molar-refractivity contribution in [1.29, 1.82) is 0 Å². The molecule has 0 unspecified atom stereocenters. The number of carbonyl (C=O) groups is 2. The molecule has 4 nitrogen and oxygen atoms in total. The van der Waals surface area contributed by atoms with Gasteiger partial charge in [0.05, 0.1) is 11.8 Å². The Labute approximate surface area is 99.9 Å². The number of hydrogen-bond acceptors (Lipinski definition) is 2. The highest BCUT2D eigenvalue weighted by atomic mass is 16.4. The molecule has 1 aromatic rings. The summed E-state index contributed by atoms with van der Waals surface area (Å²) in [7, 11) is 0. The summed E-state index contributed by atoms with van der Waals surface area (Å²) in [5, 5.41) is 17.9. The predicted molar refractivity (Wildman–Crippen MR) is 62.8 cm³/mol. The highest BCUT2D eigenvalue weighted by molar-refractivity contribution is 5.79. The molecule has 0 saturated carbocycles. The zero-order valence-corrected chi connectivity index (χ0v) is 9.88. The summed E-state index contributed by atoms with van der Waals surface area (Å²) in [5.74, 6) is -3.94. The number of carboxylic acid groups (broad SMARTS) is 2. The molecule has 92 valence electrons. The topological polar surface area (TPSA) is 74.6 Å². The van der Waals surface area contributed by atoms with Gasteiger partial charge in [-0.3, -0.25) is 9.59 Å². The minimum atomic E-state index is -1.08. The van der Waals surface area contributed by atoms with Crippen LogP contribution in [0, 0.1) is 18.8 Å². The molecule has 0 fully saturated rings. The normalized spacial score (nSPS) is 14.0. The van der Waals surface area contributed by atoms with Crippen molar-refractivity contribution in [2.24, 2.45) is 11.8 Å². The van der Waals surface area contributed by atoms with Crippen molar-refractivity contribution in [3.05, 3.63) is 35.4 Å². The lowest BCUT2D eigenvalue weighted by atomic mass is 9.88. The van der Waals surface area contributed by atoms with Crippen molar-refractivity contribution in [3.8, 4) is 0 Å². The van der Waals surface area contributed by atoms with E-state index in [-0.39, 0.29) is 6.42 Å². The fourth-order valence-electron chi connectivity index (χ4n) is 1.74. The van der Waals surface area contributed by atoms with Crippen molar-refractivity contribution in [2.45, 2.75) is 20.3 Å². The van der Waals surface area contributed by atoms with Crippen LogP contribution in [0.25, 0.3) is 0 Å². The molecule has 2 atom stereocenters. The van der Waals surface area contributed by atoms with E-state index in [4.69, 9.17) is 10.2 Å².